The molecular formula is C7H8ClNO. The summed E-state index contributed by atoms with van der Waals surface area (Å²) in [7, 11) is 0. The molecule has 0 spiro atoms. The maximum atomic E-state index is 5.57. The molecular weight excluding hydrogens is 150 g/mol. The Morgan fingerprint density at radius 2 is 2.50 bits per heavy atom. The monoisotopic (exact) mass is 157 g/mol. The van der Waals surface area contributed by atoms with Gasteiger partial charge < -0.3 is 10.2 Å². The summed E-state index contributed by atoms with van der Waals surface area (Å²) in [4.78, 5) is 0. The highest BCUT2D eigenvalue weighted by Crippen LogP contribution is 2.18. The number of rotatable bonds is 2. The number of hydrogen-bond donors (Lipinski definition) is 1. The van der Waals surface area contributed by atoms with Crippen LogP contribution in [0.4, 0.5) is 0 Å². The molecule has 0 fully saturated rings. The molecule has 1 rings (SSSR count). The van der Waals surface area contributed by atoms with E-state index in [0.717, 1.165) is 5.56 Å². The summed E-state index contributed by atoms with van der Waals surface area (Å²) in [5.74, 6) is 0. The molecule has 1 unspecified atom stereocenters. The Kier molecular flexibility index (Phi) is 2.14. The summed E-state index contributed by atoms with van der Waals surface area (Å²) in [5.41, 5.74) is 6.42. The third kappa shape index (κ3) is 1.40. The largest absolute Gasteiger partial charge is 0.453 e. The first-order chi connectivity index (χ1) is 4.74. The van der Waals surface area contributed by atoms with Gasteiger partial charge in [-0.15, -0.1) is 6.58 Å². The molecule has 0 saturated carbocycles. The van der Waals surface area contributed by atoms with E-state index in [1.54, 1.807) is 12.1 Å². The van der Waals surface area contributed by atoms with Gasteiger partial charge in [0.1, 0.15) is 0 Å². The minimum absolute atomic E-state index is 0.184. The van der Waals surface area contributed by atoms with Gasteiger partial charge in [0.15, 0.2) is 5.22 Å². The molecule has 1 heterocycles. The van der Waals surface area contributed by atoms with Crippen LogP contribution >= 0.6 is 11.6 Å². The van der Waals surface area contributed by atoms with Crippen molar-refractivity contribution in [2.75, 3.05) is 0 Å². The van der Waals surface area contributed by atoms with Crippen molar-refractivity contribution >= 4 is 11.6 Å². The van der Waals surface area contributed by atoms with Gasteiger partial charge in [0.25, 0.3) is 0 Å². The maximum absolute atomic E-state index is 5.57. The lowest BCUT2D eigenvalue weighted by Gasteiger charge is -1.98. The maximum Gasteiger partial charge on any atom is 0.193 e. The summed E-state index contributed by atoms with van der Waals surface area (Å²) >= 11 is 5.50. The summed E-state index contributed by atoms with van der Waals surface area (Å²) in [6.07, 6.45) is 3.15. The van der Waals surface area contributed by atoms with E-state index in [9.17, 15) is 0 Å². The Balaban J connectivity index is 2.84. The molecule has 0 amide bonds. The second-order valence-electron chi connectivity index (χ2n) is 1.95. The first-order valence-electron chi connectivity index (χ1n) is 2.86. The van der Waals surface area contributed by atoms with Crippen molar-refractivity contribution in [1.29, 1.82) is 0 Å². The third-order valence-electron chi connectivity index (χ3n) is 1.23. The van der Waals surface area contributed by atoms with Crippen LogP contribution in [-0.2, 0) is 0 Å². The van der Waals surface area contributed by atoms with Crippen LogP contribution in [0.25, 0.3) is 0 Å². The van der Waals surface area contributed by atoms with E-state index in [-0.39, 0.29) is 6.04 Å². The van der Waals surface area contributed by atoms with E-state index in [2.05, 4.69) is 6.58 Å². The molecule has 1 aromatic heterocycles. The normalized spacial score (nSPS) is 13.0. The highest BCUT2D eigenvalue weighted by atomic mass is 35.5. The van der Waals surface area contributed by atoms with Crippen LogP contribution in [0.5, 0.6) is 0 Å². The number of furan rings is 1. The predicted molar refractivity (Wildman–Crippen MR) is 40.8 cm³/mol. The lowest BCUT2D eigenvalue weighted by molar-refractivity contribution is 0.564. The highest BCUT2D eigenvalue weighted by Gasteiger charge is 2.03. The molecule has 0 saturated heterocycles. The Bertz CT molecular complexity index is 231. The Morgan fingerprint density at radius 1 is 1.80 bits per heavy atom. The van der Waals surface area contributed by atoms with Crippen LogP contribution in [0.1, 0.15) is 11.6 Å². The van der Waals surface area contributed by atoms with Crippen molar-refractivity contribution < 1.29 is 4.42 Å². The average Bonchev–Trinajstić information content (AvgIpc) is 2.34. The van der Waals surface area contributed by atoms with Gasteiger partial charge in [0.2, 0.25) is 0 Å². The molecule has 54 valence electrons. The van der Waals surface area contributed by atoms with E-state index < -0.39 is 0 Å². The molecule has 2 nitrogen and oxygen atoms in total. The lowest BCUT2D eigenvalue weighted by Crippen LogP contribution is -2.04. The van der Waals surface area contributed by atoms with E-state index in [1.165, 1.54) is 6.26 Å². The minimum atomic E-state index is -0.184. The Labute approximate surface area is 64.3 Å². The van der Waals surface area contributed by atoms with E-state index in [0.29, 0.717) is 5.22 Å². The van der Waals surface area contributed by atoms with Crippen molar-refractivity contribution in [1.82, 2.24) is 0 Å². The lowest BCUT2D eigenvalue weighted by atomic mass is 10.2. The fourth-order valence-corrected chi connectivity index (χ4v) is 0.805. The van der Waals surface area contributed by atoms with Crippen molar-refractivity contribution in [2.45, 2.75) is 6.04 Å². The zero-order valence-corrected chi connectivity index (χ0v) is 6.14. The van der Waals surface area contributed by atoms with Crippen molar-refractivity contribution in [2.24, 2.45) is 5.73 Å². The summed E-state index contributed by atoms with van der Waals surface area (Å²) in [5, 5.41) is 0.354. The van der Waals surface area contributed by atoms with Gasteiger partial charge >= 0.3 is 0 Å². The van der Waals surface area contributed by atoms with Crippen LogP contribution in [-0.4, -0.2) is 0 Å². The first kappa shape index (κ1) is 7.38. The quantitative estimate of drug-likeness (QED) is 0.668. The molecule has 0 aliphatic rings. The van der Waals surface area contributed by atoms with Crippen molar-refractivity contribution in [3.63, 3.8) is 0 Å². The van der Waals surface area contributed by atoms with Crippen LogP contribution in [0, 0.1) is 0 Å². The van der Waals surface area contributed by atoms with Crippen molar-refractivity contribution in [3.05, 3.63) is 35.8 Å². The minimum Gasteiger partial charge on any atom is -0.453 e. The third-order valence-corrected chi connectivity index (χ3v) is 1.42. The van der Waals surface area contributed by atoms with Crippen LogP contribution < -0.4 is 5.73 Å². The predicted octanol–water partition coefficient (Wildman–Crippen LogP) is 2.12. The number of nitrogens with two attached hydrogens (primary N) is 1. The second-order valence-corrected chi connectivity index (χ2v) is 2.32. The first-order valence-corrected chi connectivity index (χ1v) is 3.24. The molecule has 0 bridgehead atoms. The molecule has 1 aromatic rings. The van der Waals surface area contributed by atoms with Gasteiger partial charge in [-0.25, -0.2) is 0 Å². The zero-order chi connectivity index (χ0) is 7.56. The summed E-state index contributed by atoms with van der Waals surface area (Å²) < 4.78 is 4.83. The molecule has 1 atom stereocenters. The smallest absolute Gasteiger partial charge is 0.193 e. The molecule has 10 heavy (non-hydrogen) atoms. The van der Waals surface area contributed by atoms with Crippen LogP contribution in [0.3, 0.4) is 0 Å². The molecule has 0 aliphatic heterocycles. The van der Waals surface area contributed by atoms with Gasteiger partial charge in [0, 0.05) is 11.6 Å². The Morgan fingerprint density at radius 3 is 2.90 bits per heavy atom. The van der Waals surface area contributed by atoms with Crippen LogP contribution in [0.15, 0.2) is 29.4 Å². The zero-order valence-electron chi connectivity index (χ0n) is 5.38. The van der Waals surface area contributed by atoms with Crippen molar-refractivity contribution in [3.8, 4) is 0 Å². The number of hydrogen-bond acceptors (Lipinski definition) is 2. The van der Waals surface area contributed by atoms with Crippen LogP contribution in [0.2, 0.25) is 5.22 Å². The molecule has 2 N–H and O–H groups in total. The van der Waals surface area contributed by atoms with Gasteiger partial charge in [0.05, 0.1) is 12.3 Å². The topological polar surface area (TPSA) is 39.2 Å². The fourth-order valence-electron chi connectivity index (χ4n) is 0.634. The molecule has 0 aromatic carbocycles. The number of halogens is 1. The summed E-state index contributed by atoms with van der Waals surface area (Å²) in [6, 6.07) is 1.49. The second kappa shape index (κ2) is 2.90. The molecule has 0 radical (unpaired) electrons. The van der Waals surface area contributed by atoms with Gasteiger partial charge in [-0.2, -0.15) is 0 Å². The van der Waals surface area contributed by atoms with E-state index >= 15 is 0 Å². The Hall–Kier alpha value is -0.730. The van der Waals surface area contributed by atoms with Gasteiger partial charge in [-0.05, 0) is 11.6 Å². The van der Waals surface area contributed by atoms with E-state index in [4.69, 9.17) is 21.8 Å². The highest BCUT2D eigenvalue weighted by molar-refractivity contribution is 6.28. The fraction of sp³-hybridized carbons (Fsp3) is 0.143. The standard InChI is InChI=1S/C7H8ClNO/c1-2-6(9)5-3-7(8)10-4-5/h2-4,6H,1,9H2. The average molecular weight is 158 g/mol. The van der Waals surface area contributed by atoms with Gasteiger partial charge in [-0.1, -0.05) is 6.08 Å². The van der Waals surface area contributed by atoms with E-state index in [1.807, 2.05) is 0 Å². The molecule has 3 heteroatoms. The van der Waals surface area contributed by atoms with Gasteiger partial charge in [-0.3, -0.25) is 0 Å². The molecule has 0 aliphatic carbocycles. The SMILES string of the molecule is C=CC(N)c1coc(Cl)c1. The summed E-state index contributed by atoms with van der Waals surface area (Å²) in [6.45, 7) is 3.54.